The number of alkyl halides is 4. The summed E-state index contributed by atoms with van der Waals surface area (Å²) in [6, 6.07) is 3.02. The standard InChI is InChI=1S/C50H56Br4N16O12.4K/c1-47-49(3)67-23-59-37-35-55(39(59)71)21-57-36-38-61(41(57)73)25-69-45(77)65-19-29-30(34(82-16-12-54)8-7-33(29)81-15-11-53)20-66-46(78)70(50(69,4)48(65,66)2)26-62(38)42(74)58(36)22-56(35)40(72)60(37)24-68(49)44(76)64(47)18-28-27(17-63(47)43(67)75)31(79-13-9-51)5-6-32(28)80-14-10-52;;;;/h5-8,35-38H,9-26H2,1-4H3;;;;/q;4*+1. The van der Waals surface area contributed by atoms with Gasteiger partial charge in [-0.2, -0.15) is 0 Å². The van der Waals surface area contributed by atoms with Crippen molar-refractivity contribution in [3.05, 3.63) is 46.5 Å². The summed E-state index contributed by atoms with van der Waals surface area (Å²) in [4.78, 5) is 148. The minimum atomic E-state index is -1.48. The number of halogens is 4. The fourth-order valence-electron chi connectivity index (χ4n) is 15.8. The third-order valence-corrected chi connectivity index (χ3v) is 21.3. The van der Waals surface area contributed by atoms with Crippen molar-refractivity contribution in [1.82, 2.24) is 78.4 Å². The number of amides is 16. The number of benzene rings is 2. The van der Waals surface area contributed by atoms with Crippen LogP contribution in [0.3, 0.4) is 0 Å². The molecule has 0 spiro atoms. The fraction of sp³-hybridized carbons (Fsp3) is 0.600. The normalized spacial score (nSPS) is 30.8. The molecular weight excluding hydrogens is 1490 g/mol. The third-order valence-electron chi connectivity index (χ3n) is 20.0. The Hall–Kier alpha value is 0.265. The Morgan fingerprint density at radius 3 is 0.709 bits per heavy atom. The summed E-state index contributed by atoms with van der Waals surface area (Å²) in [5.74, 6) is 2.12. The predicted molar refractivity (Wildman–Crippen MR) is 295 cm³/mol. The summed E-state index contributed by atoms with van der Waals surface area (Å²) in [6.45, 7) is 6.44. The third kappa shape index (κ3) is 8.62. The second kappa shape index (κ2) is 24.2. The molecule has 0 N–H and O–H groups in total. The van der Waals surface area contributed by atoms with E-state index in [4.69, 9.17) is 18.9 Å². The van der Waals surface area contributed by atoms with Crippen LogP contribution < -0.4 is 224 Å². The average Bonchev–Trinajstić information content (AvgIpc) is 1.52. The van der Waals surface area contributed by atoms with E-state index in [9.17, 15) is 0 Å². The Morgan fingerprint density at radius 1 is 0.326 bits per heavy atom. The monoisotopic (exact) mass is 1540 g/mol. The van der Waals surface area contributed by atoms with Gasteiger partial charge in [0, 0.05) is 43.6 Å². The quantitative estimate of drug-likeness (QED) is 0.143. The minimum absolute atomic E-state index is 0. The van der Waals surface area contributed by atoms with Crippen molar-refractivity contribution in [3.63, 3.8) is 0 Å². The molecule has 0 unspecified atom stereocenters. The number of carbonyl (C=O) groups excluding carboxylic acids is 8. The number of hydrogen-bond acceptors (Lipinski definition) is 12. The van der Waals surface area contributed by atoms with Crippen LogP contribution in [0, 0.1) is 0 Å². The van der Waals surface area contributed by atoms with E-state index >= 15 is 38.4 Å². The number of fused-ring (bicyclic) bond motifs is 2. The summed E-state index contributed by atoms with van der Waals surface area (Å²) in [6.07, 6.45) is -4.42. The van der Waals surface area contributed by atoms with Gasteiger partial charge in [-0.25, -0.2) is 38.4 Å². The molecule has 2 aromatic carbocycles. The van der Waals surface area contributed by atoms with Crippen LogP contribution in [0.2, 0.25) is 0 Å². The minimum Gasteiger partial charge on any atom is -0.492 e. The van der Waals surface area contributed by atoms with Crippen LogP contribution in [0.25, 0.3) is 0 Å². The van der Waals surface area contributed by atoms with Crippen LogP contribution in [0.4, 0.5) is 38.4 Å². The van der Waals surface area contributed by atoms with Crippen LogP contribution in [-0.2, 0) is 26.2 Å². The summed E-state index contributed by atoms with van der Waals surface area (Å²) in [5.41, 5.74) is -3.02. The molecule has 13 aliphatic heterocycles. The molecule has 0 bridgehead atoms. The molecule has 15 rings (SSSR count). The van der Waals surface area contributed by atoms with E-state index in [1.54, 1.807) is 57.7 Å². The molecule has 13 aliphatic rings. The molecule has 2 aromatic rings. The molecule has 16 amide bonds. The Kier molecular flexibility index (Phi) is 19.0. The molecular formula is C50H56Br4K4N16O12+4. The molecule has 13 heterocycles. The van der Waals surface area contributed by atoms with Crippen molar-refractivity contribution in [2.45, 2.75) is 101 Å². The second-order valence-electron chi connectivity index (χ2n) is 22.8. The SMILES string of the molecule is CC12N3Cc4c(OCCBr)ccc(OCCBr)c4CN1C(=O)N1CN4C(=O)N5CN6C(=O)N7CN8C(=O)N9Cc%10c(OCCBr)ccc(OCCBr)c%10CN%10C(=O)N(CN%11C(=O)N(CN%12C(=O)N(CN(C3=O)C12C)C4C%125)C6C%117)C8(C)C%109C.[K+].[K+].[K+].[K+]. The van der Waals surface area contributed by atoms with E-state index in [1.165, 1.54) is 58.8 Å². The molecule has 0 atom stereocenters. The molecule has 0 aromatic heterocycles. The number of nitrogens with zero attached hydrogens (tertiary/aromatic N) is 16. The zero-order valence-electron chi connectivity index (χ0n) is 48.9. The van der Waals surface area contributed by atoms with Gasteiger partial charge < -0.3 is 18.9 Å². The number of urea groups is 8. The van der Waals surface area contributed by atoms with E-state index in [2.05, 4.69) is 63.7 Å². The van der Waals surface area contributed by atoms with Gasteiger partial charge in [-0.3, -0.25) is 78.4 Å². The molecule has 0 aliphatic carbocycles. The number of hydrogen-bond donors (Lipinski definition) is 0. The van der Waals surface area contributed by atoms with Gasteiger partial charge in [0.05, 0.1) is 52.6 Å². The zero-order valence-corrected chi connectivity index (χ0v) is 67.7. The van der Waals surface area contributed by atoms with Gasteiger partial charge in [-0.05, 0) is 52.0 Å². The average molecular weight is 1550 g/mol. The number of ether oxygens (including phenoxy) is 4. The molecule has 0 radical (unpaired) electrons. The topological polar surface area (TPSA) is 225 Å². The molecule has 436 valence electrons. The maximum absolute atomic E-state index is 15.5. The largest absolute Gasteiger partial charge is 1.00 e. The Bertz CT molecular complexity index is 2900. The molecule has 36 heteroatoms. The first-order chi connectivity index (χ1) is 39.4. The van der Waals surface area contributed by atoms with Crippen molar-refractivity contribution < 1.29 is 263 Å². The molecule has 11 saturated heterocycles. The molecule has 11 fully saturated rings. The maximum Gasteiger partial charge on any atom is 1.00 e. The van der Waals surface area contributed by atoms with Gasteiger partial charge in [-0.15, -0.1) is 0 Å². The summed E-state index contributed by atoms with van der Waals surface area (Å²) in [5, 5.41) is 2.18. The van der Waals surface area contributed by atoms with Crippen molar-refractivity contribution in [2.75, 3.05) is 87.8 Å². The van der Waals surface area contributed by atoms with Crippen LogP contribution in [-0.4, -0.2) is 262 Å². The number of rotatable bonds is 12. The van der Waals surface area contributed by atoms with Crippen LogP contribution in [0.5, 0.6) is 23.0 Å². The van der Waals surface area contributed by atoms with E-state index in [-0.39, 0.29) is 258 Å². The van der Waals surface area contributed by atoms with E-state index in [1.807, 2.05) is 13.8 Å². The molecule has 28 nitrogen and oxygen atoms in total. The van der Waals surface area contributed by atoms with Crippen molar-refractivity contribution in [2.24, 2.45) is 0 Å². The smallest absolute Gasteiger partial charge is 0.492 e. The van der Waals surface area contributed by atoms with Gasteiger partial charge in [0.2, 0.25) is 0 Å². The van der Waals surface area contributed by atoms with Crippen molar-refractivity contribution in [1.29, 1.82) is 0 Å². The summed E-state index contributed by atoms with van der Waals surface area (Å²) in [7, 11) is 0. The molecule has 86 heavy (non-hydrogen) atoms. The van der Waals surface area contributed by atoms with E-state index in [0.29, 0.717) is 93.0 Å². The predicted octanol–water partition coefficient (Wildman–Crippen LogP) is -7.62. The maximum atomic E-state index is 15.5. The van der Waals surface area contributed by atoms with Crippen LogP contribution in [0.15, 0.2) is 24.3 Å². The van der Waals surface area contributed by atoms with Gasteiger partial charge in [0.15, 0.2) is 47.3 Å². The Morgan fingerprint density at radius 2 is 0.512 bits per heavy atom. The first-order valence-corrected chi connectivity index (χ1v) is 31.6. The second-order valence-corrected chi connectivity index (χ2v) is 26.0. The fourth-order valence-corrected chi connectivity index (χ4v) is 16.4. The van der Waals surface area contributed by atoms with Gasteiger partial charge in [-0.1, -0.05) is 63.7 Å². The van der Waals surface area contributed by atoms with E-state index in [0.717, 1.165) is 0 Å². The van der Waals surface area contributed by atoms with Gasteiger partial charge >= 0.3 is 254 Å². The first kappa shape index (κ1) is 67.7. The summed E-state index contributed by atoms with van der Waals surface area (Å²) < 4.78 is 24.9. The van der Waals surface area contributed by atoms with Gasteiger partial charge in [0.25, 0.3) is 0 Å². The summed E-state index contributed by atoms with van der Waals surface area (Å²) >= 11 is 13.8. The Labute approximate surface area is 698 Å². The van der Waals surface area contributed by atoms with E-state index < -0.39 is 109 Å². The van der Waals surface area contributed by atoms with Crippen LogP contribution in [0.1, 0.15) is 49.9 Å². The first-order valence-electron chi connectivity index (χ1n) is 27.1. The van der Waals surface area contributed by atoms with Gasteiger partial charge in [0.1, 0.15) is 63.0 Å². The van der Waals surface area contributed by atoms with Crippen molar-refractivity contribution >= 4 is 112 Å². The van der Waals surface area contributed by atoms with Crippen molar-refractivity contribution in [3.8, 4) is 23.0 Å². The molecule has 0 saturated carbocycles. The van der Waals surface area contributed by atoms with Crippen LogP contribution >= 0.6 is 63.7 Å². The number of carbonyl (C=O) groups is 8. The zero-order chi connectivity index (χ0) is 57.2. The Balaban J connectivity index is 0.00000192.